The Morgan fingerprint density at radius 3 is 2.67 bits per heavy atom. The zero-order valence-electron chi connectivity index (χ0n) is 8.36. The summed E-state index contributed by atoms with van der Waals surface area (Å²) in [7, 11) is 0. The highest BCUT2D eigenvalue weighted by Gasteiger charge is 2.66. The Kier molecular flexibility index (Phi) is 1.75. The fraction of sp³-hybridized carbons (Fsp3) is 1.00. The number of hydrogen-bond acceptors (Lipinski definition) is 3. The van der Waals surface area contributed by atoms with Crippen LogP contribution in [0.3, 0.4) is 0 Å². The first-order valence-corrected chi connectivity index (χ1v) is 5.84. The number of alkyl halides is 1. The second kappa shape index (κ2) is 2.66. The third-order valence-corrected chi connectivity index (χ3v) is 4.85. The lowest BCUT2D eigenvalue weighted by atomic mass is 9.52. The van der Waals surface area contributed by atoms with Gasteiger partial charge >= 0.3 is 0 Å². The van der Waals surface area contributed by atoms with Crippen molar-refractivity contribution in [3.05, 3.63) is 10.1 Å². The van der Waals surface area contributed by atoms with Gasteiger partial charge in [-0.25, -0.2) is 0 Å². The molecule has 84 valence electrons. The molecule has 5 atom stereocenters. The maximum atomic E-state index is 11.0. The molecule has 0 aliphatic heterocycles. The van der Waals surface area contributed by atoms with Gasteiger partial charge in [0.25, 0.3) is 0 Å². The largest absolute Gasteiger partial charge is 0.383 e. The van der Waals surface area contributed by atoms with Gasteiger partial charge in [0.05, 0.1) is 0 Å². The molecule has 4 rings (SSSR count). The molecule has 4 fully saturated rings. The van der Waals surface area contributed by atoms with Crippen LogP contribution in [0.2, 0.25) is 0 Å². The van der Waals surface area contributed by atoms with Crippen molar-refractivity contribution >= 4 is 11.6 Å². The molecule has 0 aromatic rings. The van der Waals surface area contributed by atoms with E-state index in [0.29, 0.717) is 25.2 Å². The monoisotopic (exact) mass is 231 g/mol. The molecule has 5 heteroatoms. The van der Waals surface area contributed by atoms with E-state index in [2.05, 4.69) is 0 Å². The molecule has 0 heterocycles. The molecule has 15 heavy (non-hydrogen) atoms. The van der Waals surface area contributed by atoms with Gasteiger partial charge in [0.1, 0.15) is 5.60 Å². The zero-order valence-corrected chi connectivity index (χ0v) is 9.11. The number of nitrogens with zero attached hydrogens (tertiary/aromatic N) is 1. The third-order valence-electron chi connectivity index (χ3n) is 4.41. The molecular formula is C10H14ClNO3. The van der Waals surface area contributed by atoms with E-state index in [0.717, 1.165) is 12.8 Å². The van der Waals surface area contributed by atoms with E-state index >= 15 is 0 Å². The SMILES string of the molecule is O=[N+]([O-])C1C2CC3CC(Cl)(C2)CC1(O)C3. The van der Waals surface area contributed by atoms with Crippen LogP contribution < -0.4 is 0 Å². The first kappa shape index (κ1) is 9.85. The summed E-state index contributed by atoms with van der Waals surface area (Å²) in [6.45, 7) is 0. The van der Waals surface area contributed by atoms with Crippen molar-refractivity contribution < 1.29 is 10.0 Å². The highest BCUT2D eigenvalue weighted by molar-refractivity contribution is 6.24. The van der Waals surface area contributed by atoms with Gasteiger partial charge in [-0.05, 0) is 31.6 Å². The van der Waals surface area contributed by atoms with Gasteiger partial charge in [0.15, 0.2) is 0 Å². The standard InChI is InChI=1S/C10H14ClNO3/c11-9-2-6-1-7(4-9)8(12(14)15)10(13,3-6)5-9/h6-8,13H,1-5H2. The highest BCUT2D eigenvalue weighted by Crippen LogP contribution is 2.60. The van der Waals surface area contributed by atoms with Gasteiger partial charge in [-0.3, -0.25) is 10.1 Å². The number of nitro groups is 1. The number of aliphatic hydroxyl groups is 1. The van der Waals surface area contributed by atoms with E-state index in [1.54, 1.807) is 0 Å². The molecule has 1 N–H and O–H groups in total. The van der Waals surface area contributed by atoms with Crippen molar-refractivity contribution in [3.8, 4) is 0 Å². The lowest BCUT2D eigenvalue weighted by Gasteiger charge is -2.58. The first-order valence-electron chi connectivity index (χ1n) is 5.47. The summed E-state index contributed by atoms with van der Waals surface area (Å²) in [5.41, 5.74) is -1.13. The smallest absolute Gasteiger partial charge is 0.244 e. The van der Waals surface area contributed by atoms with Crippen LogP contribution in [0.1, 0.15) is 32.1 Å². The summed E-state index contributed by atoms with van der Waals surface area (Å²) in [6.07, 6.45) is 3.49. The quantitative estimate of drug-likeness (QED) is 0.423. The Morgan fingerprint density at radius 1 is 1.40 bits per heavy atom. The summed E-state index contributed by atoms with van der Waals surface area (Å²) in [5, 5.41) is 21.4. The van der Waals surface area contributed by atoms with Crippen molar-refractivity contribution in [2.24, 2.45) is 11.8 Å². The van der Waals surface area contributed by atoms with Crippen LogP contribution in [0.25, 0.3) is 0 Å². The highest BCUT2D eigenvalue weighted by atomic mass is 35.5. The van der Waals surface area contributed by atoms with Crippen LogP contribution in [0.4, 0.5) is 0 Å². The number of rotatable bonds is 1. The molecule has 0 amide bonds. The Morgan fingerprint density at radius 2 is 2.13 bits per heavy atom. The van der Waals surface area contributed by atoms with Crippen LogP contribution >= 0.6 is 11.6 Å². The molecule has 5 unspecified atom stereocenters. The molecular weight excluding hydrogens is 218 g/mol. The number of halogens is 1. The van der Waals surface area contributed by atoms with Gasteiger partial charge in [0.2, 0.25) is 6.04 Å². The predicted molar refractivity (Wildman–Crippen MR) is 54.4 cm³/mol. The summed E-state index contributed by atoms with van der Waals surface area (Å²) in [5.74, 6) is 0.389. The Hall–Kier alpha value is -0.350. The second-order valence-corrected chi connectivity index (χ2v) is 6.44. The minimum atomic E-state index is -1.13. The van der Waals surface area contributed by atoms with Crippen molar-refractivity contribution in [1.29, 1.82) is 0 Å². The van der Waals surface area contributed by atoms with Crippen molar-refractivity contribution in [2.75, 3.05) is 0 Å². The molecule has 4 nitrogen and oxygen atoms in total. The molecule has 0 aromatic carbocycles. The predicted octanol–water partition coefficient (Wildman–Crippen LogP) is 1.56. The van der Waals surface area contributed by atoms with Crippen molar-refractivity contribution in [2.45, 2.75) is 48.6 Å². The zero-order chi connectivity index (χ0) is 10.8. The minimum absolute atomic E-state index is 0.0104. The maximum absolute atomic E-state index is 11.0. The molecule has 4 aliphatic carbocycles. The average molecular weight is 232 g/mol. The van der Waals surface area contributed by atoms with Crippen LogP contribution in [0.15, 0.2) is 0 Å². The van der Waals surface area contributed by atoms with Crippen molar-refractivity contribution in [1.82, 2.24) is 0 Å². The average Bonchev–Trinajstić information content (AvgIpc) is 1.94. The normalized spacial score (nSPS) is 57.1. The van der Waals surface area contributed by atoms with Gasteiger partial charge < -0.3 is 5.11 Å². The van der Waals surface area contributed by atoms with Gasteiger partial charge in [-0.2, -0.15) is 0 Å². The van der Waals surface area contributed by atoms with Gasteiger partial charge in [-0.1, -0.05) is 0 Å². The summed E-state index contributed by atoms with van der Waals surface area (Å²) in [6, 6.07) is -0.777. The Bertz CT molecular complexity index is 337. The summed E-state index contributed by atoms with van der Waals surface area (Å²) >= 11 is 6.41. The van der Waals surface area contributed by atoms with E-state index in [-0.39, 0.29) is 15.7 Å². The summed E-state index contributed by atoms with van der Waals surface area (Å²) in [4.78, 5) is 10.4. The molecule has 0 saturated heterocycles. The Labute approximate surface area is 92.8 Å². The van der Waals surface area contributed by atoms with E-state index in [4.69, 9.17) is 11.6 Å². The van der Waals surface area contributed by atoms with Crippen molar-refractivity contribution in [3.63, 3.8) is 0 Å². The van der Waals surface area contributed by atoms with Crippen LogP contribution in [-0.4, -0.2) is 26.5 Å². The third kappa shape index (κ3) is 1.24. The topological polar surface area (TPSA) is 63.4 Å². The molecule has 0 aromatic heterocycles. The molecule has 0 radical (unpaired) electrons. The fourth-order valence-corrected chi connectivity index (χ4v) is 5.01. The van der Waals surface area contributed by atoms with Crippen LogP contribution in [0, 0.1) is 22.0 Å². The van der Waals surface area contributed by atoms with Crippen LogP contribution in [-0.2, 0) is 0 Å². The van der Waals surface area contributed by atoms with Gasteiger partial charge in [-0.15, -0.1) is 11.6 Å². The maximum Gasteiger partial charge on any atom is 0.244 e. The fourth-order valence-electron chi connectivity index (χ4n) is 4.36. The van der Waals surface area contributed by atoms with Crippen LogP contribution in [0.5, 0.6) is 0 Å². The lowest BCUT2D eigenvalue weighted by Crippen LogP contribution is -2.67. The first-order chi connectivity index (χ1) is 6.92. The van der Waals surface area contributed by atoms with Gasteiger partial charge in [0, 0.05) is 22.1 Å². The Balaban J connectivity index is 2.01. The van der Waals surface area contributed by atoms with E-state index in [1.165, 1.54) is 0 Å². The lowest BCUT2D eigenvalue weighted by molar-refractivity contribution is -0.567. The van der Waals surface area contributed by atoms with E-state index < -0.39 is 11.6 Å². The molecule has 4 saturated carbocycles. The molecule has 4 aliphatic rings. The molecule has 0 spiro atoms. The minimum Gasteiger partial charge on any atom is -0.383 e. The molecule has 4 bridgehead atoms. The summed E-state index contributed by atoms with van der Waals surface area (Å²) < 4.78 is 0. The van der Waals surface area contributed by atoms with E-state index in [9.17, 15) is 15.2 Å². The van der Waals surface area contributed by atoms with E-state index in [1.807, 2.05) is 0 Å². The number of hydrogen-bond donors (Lipinski definition) is 1. The second-order valence-electron chi connectivity index (χ2n) is 5.64.